The highest BCUT2D eigenvalue weighted by Gasteiger charge is 2.25. The quantitative estimate of drug-likeness (QED) is 0.682. The summed E-state index contributed by atoms with van der Waals surface area (Å²) in [6.07, 6.45) is 1.21. The van der Waals surface area contributed by atoms with Crippen LogP contribution < -0.4 is 16.1 Å². The van der Waals surface area contributed by atoms with Crippen molar-refractivity contribution in [2.45, 2.75) is 32.4 Å². The Kier molecular flexibility index (Phi) is 4.77. The molecule has 1 aliphatic heterocycles. The van der Waals surface area contributed by atoms with E-state index in [4.69, 9.17) is 13.6 Å². The van der Waals surface area contributed by atoms with Crippen LogP contribution in [0.5, 0.6) is 5.75 Å². The van der Waals surface area contributed by atoms with Gasteiger partial charge in [0.2, 0.25) is 5.91 Å². The number of carbonyl (C=O) groups is 1. The number of carbonyl (C=O) groups excluding carboxylic acids is 1. The maximum atomic E-state index is 12.6. The predicted molar refractivity (Wildman–Crippen MR) is 100 cm³/mol. The molecule has 0 spiro atoms. The predicted octanol–water partition coefficient (Wildman–Crippen LogP) is 1.93. The number of para-hydroxylation sites is 2. The van der Waals surface area contributed by atoms with Crippen LogP contribution in [0.25, 0.3) is 11.1 Å². The lowest BCUT2D eigenvalue weighted by Gasteiger charge is -2.32. The second-order valence-electron chi connectivity index (χ2n) is 6.84. The molecule has 8 nitrogen and oxygen atoms in total. The molecule has 3 aromatic rings. The van der Waals surface area contributed by atoms with E-state index < -0.39 is 11.4 Å². The molecule has 0 aliphatic carbocycles. The molecule has 1 saturated heterocycles. The van der Waals surface area contributed by atoms with Gasteiger partial charge in [-0.2, -0.15) is 0 Å². The molecule has 1 amide bonds. The van der Waals surface area contributed by atoms with E-state index in [1.165, 1.54) is 10.6 Å². The zero-order valence-corrected chi connectivity index (χ0v) is 15.4. The van der Waals surface area contributed by atoms with E-state index in [0.29, 0.717) is 48.5 Å². The number of amides is 1. The highest BCUT2D eigenvalue weighted by Crippen LogP contribution is 2.19. The third-order valence-electron chi connectivity index (χ3n) is 4.83. The van der Waals surface area contributed by atoms with E-state index in [0.717, 1.165) is 0 Å². The fourth-order valence-electron chi connectivity index (χ4n) is 3.46. The van der Waals surface area contributed by atoms with Crippen molar-refractivity contribution < 1.29 is 18.4 Å². The Bertz CT molecular complexity index is 1120. The number of likely N-dealkylation sites (tertiary alicyclic amines) is 1. The highest BCUT2D eigenvalue weighted by atomic mass is 16.5. The molecular formula is C20H20N2O6. The summed E-state index contributed by atoms with van der Waals surface area (Å²) in [6.45, 7) is 2.68. The van der Waals surface area contributed by atoms with Crippen LogP contribution in [-0.4, -0.2) is 34.6 Å². The third-order valence-corrected chi connectivity index (χ3v) is 4.83. The van der Waals surface area contributed by atoms with E-state index in [-0.39, 0.29) is 18.6 Å². The Morgan fingerprint density at radius 2 is 1.89 bits per heavy atom. The first kappa shape index (κ1) is 18.1. The molecule has 0 atom stereocenters. The van der Waals surface area contributed by atoms with E-state index in [9.17, 15) is 14.4 Å². The van der Waals surface area contributed by atoms with Gasteiger partial charge in [-0.15, -0.1) is 0 Å². The van der Waals surface area contributed by atoms with Crippen LogP contribution in [0.1, 0.15) is 18.6 Å². The van der Waals surface area contributed by atoms with E-state index >= 15 is 0 Å². The number of benzene rings is 1. The number of nitrogens with zero attached hydrogens (tertiary/aromatic N) is 2. The number of rotatable bonds is 4. The first-order valence-corrected chi connectivity index (χ1v) is 9.14. The van der Waals surface area contributed by atoms with Crippen molar-refractivity contribution in [3.8, 4) is 5.75 Å². The summed E-state index contributed by atoms with van der Waals surface area (Å²) >= 11 is 0. The molecule has 0 bridgehead atoms. The standard InChI is InChI=1S/C20H20N2O6/c1-13-10-15(11-19(24)26-13)27-14-6-8-21(9-7-14)18(23)12-22-16-4-2-3-5-17(16)28-20(22)25/h2-5,10-11,14H,6-9,12H2,1H3. The summed E-state index contributed by atoms with van der Waals surface area (Å²) in [5.41, 5.74) is 0.632. The van der Waals surface area contributed by atoms with Gasteiger partial charge >= 0.3 is 11.4 Å². The van der Waals surface area contributed by atoms with E-state index in [2.05, 4.69) is 0 Å². The van der Waals surface area contributed by atoms with Gasteiger partial charge in [-0.3, -0.25) is 9.36 Å². The molecular weight excluding hydrogens is 364 g/mol. The van der Waals surface area contributed by atoms with Crippen molar-refractivity contribution in [2.75, 3.05) is 13.1 Å². The number of fused-ring (bicyclic) bond motifs is 1. The maximum Gasteiger partial charge on any atom is 0.420 e. The molecule has 2 aromatic heterocycles. The second kappa shape index (κ2) is 7.38. The number of ether oxygens (including phenoxy) is 1. The summed E-state index contributed by atoms with van der Waals surface area (Å²) in [4.78, 5) is 37.8. The summed E-state index contributed by atoms with van der Waals surface area (Å²) in [5.74, 6) is 0.303. The minimum atomic E-state index is -0.536. The van der Waals surface area contributed by atoms with Gasteiger partial charge < -0.3 is 18.5 Å². The second-order valence-corrected chi connectivity index (χ2v) is 6.84. The number of hydrogen-bond acceptors (Lipinski definition) is 6. The van der Waals surface area contributed by atoms with Crippen LogP contribution in [0.3, 0.4) is 0 Å². The molecule has 4 rings (SSSR count). The monoisotopic (exact) mass is 384 g/mol. The Hall–Kier alpha value is -3.29. The van der Waals surface area contributed by atoms with E-state index in [1.807, 2.05) is 0 Å². The minimum absolute atomic E-state index is 0.0553. The SMILES string of the molecule is Cc1cc(OC2CCN(C(=O)Cn3c(=O)oc4ccccc43)CC2)cc(=O)o1. The molecule has 8 heteroatoms. The average molecular weight is 384 g/mol. The molecule has 1 aliphatic rings. The van der Waals surface area contributed by atoms with Crippen molar-refractivity contribution in [3.05, 3.63) is 63.1 Å². The summed E-state index contributed by atoms with van der Waals surface area (Å²) < 4.78 is 17.3. The number of piperidine rings is 1. The van der Waals surface area contributed by atoms with Gasteiger partial charge in [0, 0.05) is 32.0 Å². The van der Waals surface area contributed by atoms with Gasteiger partial charge in [0.05, 0.1) is 11.6 Å². The lowest BCUT2D eigenvalue weighted by Crippen LogP contribution is -2.43. The van der Waals surface area contributed by atoms with Crippen molar-refractivity contribution in [1.82, 2.24) is 9.47 Å². The topological polar surface area (TPSA) is 94.9 Å². The van der Waals surface area contributed by atoms with Crippen molar-refractivity contribution >= 4 is 17.0 Å². The number of hydrogen-bond donors (Lipinski definition) is 0. The first-order valence-electron chi connectivity index (χ1n) is 9.14. The Balaban J connectivity index is 1.38. The van der Waals surface area contributed by atoms with Gasteiger partial charge in [-0.1, -0.05) is 12.1 Å². The highest BCUT2D eigenvalue weighted by molar-refractivity contribution is 5.79. The molecule has 3 heterocycles. The zero-order chi connectivity index (χ0) is 19.7. The fraction of sp³-hybridized carbons (Fsp3) is 0.350. The smallest absolute Gasteiger partial charge is 0.420 e. The van der Waals surface area contributed by atoms with Gasteiger partial charge in [0.25, 0.3) is 0 Å². The van der Waals surface area contributed by atoms with Crippen molar-refractivity contribution in [2.24, 2.45) is 0 Å². The van der Waals surface area contributed by atoms with Crippen LogP contribution in [0.15, 0.2) is 54.8 Å². The summed E-state index contributed by atoms with van der Waals surface area (Å²) in [5, 5.41) is 0. The average Bonchev–Trinajstić information content (AvgIpc) is 2.97. The van der Waals surface area contributed by atoms with E-state index in [1.54, 1.807) is 42.2 Å². The van der Waals surface area contributed by atoms with Gasteiger partial charge in [0.1, 0.15) is 24.2 Å². The first-order chi connectivity index (χ1) is 13.5. The number of aryl methyl sites for hydroxylation is 1. The van der Waals surface area contributed by atoms with Crippen molar-refractivity contribution in [3.63, 3.8) is 0 Å². The third kappa shape index (κ3) is 3.71. The van der Waals surface area contributed by atoms with Gasteiger partial charge in [-0.25, -0.2) is 9.59 Å². The molecule has 0 N–H and O–H groups in total. The summed E-state index contributed by atoms with van der Waals surface area (Å²) in [7, 11) is 0. The largest absolute Gasteiger partial charge is 0.490 e. The Morgan fingerprint density at radius 3 is 2.64 bits per heavy atom. The molecule has 1 fully saturated rings. The molecule has 28 heavy (non-hydrogen) atoms. The fourth-order valence-corrected chi connectivity index (χ4v) is 3.46. The normalized spacial score (nSPS) is 15.1. The molecule has 1 aromatic carbocycles. The zero-order valence-electron chi connectivity index (χ0n) is 15.4. The Labute approximate surface area is 159 Å². The molecule has 146 valence electrons. The Morgan fingerprint density at radius 1 is 1.14 bits per heavy atom. The molecule has 0 saturated carbocycles. The molecule has 0 unspecified atom stereocenters. The van der Waals surface area contributed by atoms with Gasteiger partial charge in [0.15, 0.2) is 5.58 Å². The number of aromatic nitrogens is 1. The van der Waals surface area contributed by atoms with Crippen LogP contribution in [0, 0.1) is 6.92 Å². The van der Waals surface area contributed by atoms with Gasteiger partial charge in [-0.05, 0) is 19.1 Å². The van der Waals surface area contributed by atoms with Crippen LogP contribution in [0.2, 0.25) is 0 Å². The van der Waals surface area contributed by atoms with Crippen LogP contribution in [-0.2, 0) is 11.3 Å². The minimum Gasteiger partial charge on any atom is -0.490 e. The molecule has 0 radical (unpaired) electrons. The van der Waals surface area contributed by atoms with Crippen molar-refractivity contribution in [1.29, 1.82) is 0 Å². The maximum absolute atomic E-state index is 12.6. The lowest BCUT2D eigenvalue weighted by molar-refractivity contribution is -0.133. The van der Waals surface area contributed by atoms with Crippen LogP contribution in [0.4, 0.5) is 0 Å². The summed E-state index contributed by atoms with van der Waals surface area (Å²) in [6, 6.07) is 10.0. The number of oxazole rings is 1. The van der Waals surface area contributed by atoms with Crippen LogP contribution >= 0.6 is 0 Å². The lowest BCUT2D eigenvalue weighted by atomic mass is 10.1.